The van der Waals surface area contributed by atoms with Crippen LogP contribution in [-0.2, 0) is 13.0 Å². The van der Waals surface area contributed by atoms with E-state index >= 15 is 0 Å². The number of aryl methyl sites for hydroxylation is 2. The van der Waals surface area contributed by atoms with Crippen LogP contribution in [0.25, 0.3) is 28.0 Å². The molecule has 29 heavy (non-hydrogen) atoms. The maximum Gasteiger partial charge on any atom is 0.277 e. The van der Waals surface area contributed by atoms with Crippen molar-refractivity contribution in [3.8, 4) is 5.95 Å². The number of hydrogen-bond acceptors (Lipinski definition) is 4. The van der Waals surface area contributed by atoms with Crippen LogP contribution >= 0.6 is 0 Å². The predicted octanol–water partition coefficient (Wildman–Crippen LogP) is 4.30. The average Bonchev–Trinajstić information content (AvgIpc) is 3.21. The summed E-state index contributed by atoms with van der Waals surface area (Å²) < 4.78 is 3.54. The number of unbranched alkanes of at least 4 members (excludes halogenated alkanes) is 4. The van der Waals surface area contributed by atoms with Gasteiger partial charge in [-0.25, -0.2) is 0 Å². The molecule has 0 atom stereocenters. The first kappa shape index (κ1) is 19.4. The molecule has 4 rings (SSSR count). The Kier molecular flexibility index (Phi) is 5.47. The molecule has 152 valence electrons. The molecule has 0 aliphatic heterocycles. The van der Waals surface area contributed by atoms with E-state index in [1.165, 1.54) is 23.9 Å². The van der Waals surface area contributed by atoms with Crippen LogP contribution in [0, 0.1) is 6.92 Å². The molecular weight excluding hydrogens is 364 g/mol. The SMILES string of the molecule is CCCCCCCc1c(C)[nH]n(-c2nnc3c4ccccc4n(CC)c3n2)c1=O. The monoisotopic (exact) mass is 392 g/mol. The van der Waals surface area contributed by atoms with E-state index in [0.717, 1.165) is 59.1 Å². The van der Waals surface area contributed by atoms with Gasteiger partial charge in [0.15, 0.2) is 5.65 Å². The summed E-state index contributed by atoms with van der Waals surface area (Å²) in [6.07, 6.45) is 6.65. The van der Waals surface area contributed by atoms with Crippen LogP contribution < -0.4 is 5.56 Å². The molecule has 0 unspecified atom stereocenters. The first-order chi connectivity index (χ1) is 14.2. The lowest BCUT2D eigenvalue weighted by Crippen LogP contribution is -2.20. The molecule has 1 aromatic carbocycles. The Morgan fingerprint density at radius 2 is 1.83 bits per heavy atom. The van der Waals surface area contributed by atoms with Crippen molar-refractivity contribution in [1.82, 2.24) is 29.5 Å². The number of aromatic amines is 1. The molecule has 0 aliphatic carbocycles. The second kappa shape index (κ2) is 8.19. The third-order valence-electron chi connectivity index (χ3n) is 5.60. The highest BCUT2D eigenvalue weighted by Gasteiger charge is 2.18. The summed E-state index contributed by atoms with van der Waals surface area (Å²) in [5.41, 5.74) is 4.22. The molecule has 7 heteroatoms. The molecule has 0 aliphatic rings. The highest BCUT2D eigenvalue weighted by molar-refractivity contribution is 6.04. The fraction of sp³-hybridized carbons (Fsp3) is 0.455. The lowest BCUT2D eigenvalue weighted by atomic mass is 10.1. The summed E-state index contributed by atoms with van der Waals surface area (Å²) in [5, 5.41) is 12.9. The molecule has 0 saturated heterocycles. The number of para-hydroxylation sites is 1. The zero-order valence-electron chi connectivity index (χ0n) is 17.4. The van der Waals surface area contributed by atoms with E-state index in [-0.39, 0.29) is 5.56 Å². The number of nitrogens with zero attached hydrogens (tertiary/aromatic N) is 5. The number of aromatic nitrogens is 6. The lowest BCUT2D eigenvalue weighted by Gasteiger charge is -2.03. The molecule has 3 aromatic heterocycles. The third kappa shape index (κ3) is 3.45. The predicted molar refractivity (Wildman–Crippen MR) is 116 cm³/mol. The van der Waals surface area contributed by atoms with Crippen molar-refractivity contribution in [2.75, 3.05) is 0 Å². The first-order valence-electron chi connectivity index (χ1n) is 10.6. The summed E-state index contributed by atoms with van der Waals surface area (Å²) in [7, 11) is 0. The summed E-state index contributed by atoms with van der Waals surface area (Å²) in [4.78, 5) is 17.7. The molecule has 0 spiro atoms. The number of hydrogen-bond donors (Lipinski definition) is 1. The Balaban J connectivity index is 1.71. The molecule has 0 bridgehead atoms. The van der Waals surface area contributed by atoms with Crippen molar-refractivity contribution in [3.05, 3.63) is 45.9 Å². The summed E-state index contributed by atoms with van der Waals surface area (Å²) in [6.45, 7) is 6.99. The number of benzene rings is 1. The van der Waals surface area contributed by atoms with E-state index in [1.807, 2.05) is 25.1 Å². The van der Waals surface area contributed by atoms with Crippen LogP contribution in [0.1, 0.15) is 57.2 Å². The van der Waals surface area contributed by atoms with E-state index in [9.17, 15) is 4.79 Å². The minimum absolute atomic E-state index is 0.0710. The number of H-pyrrole nitrogens is 1. The largest absolute Gasteiger partial charge is 0.324 e. The molecular formula is C22H28N6O. The van der Waals surface area contributed by atoms with Gasteiger partial charge in [-0.2, -0.15) is 9.67 Å². The van der Waals surface area contributed by atoms with Gasteiger partial charge >= 0.3 is 0 Å². The van der Waals surface area contributed by atoms with E-state index in [4.69, 9.17) is 4.98 Å². The number of nitrogens with one attached hydrogen (secondary N) is 1. The van der Waals surface area contributed by atoms with Crippen molar-refractivity contribution in [2.24, 2.45) is 0 Å². The Hall–Kier alpha value is -2.96. The van der Waals surface area contributed by atoms with Gasteiger partial charge in [-0.05, 0) is 32.8 Å². The average molecular weight is 393 g/mol. The molecule has 0 saturated carbocycles. The van der Waals surface area contributed by atoms with Gasteiger partial charge < -0.3 is 4.57 Å². The van der Waals surface area contributed by atoms with Gasteiger partial charge in [-0.3, -0.25) is 9.89 Å². The zero-order valence-corrected chi connectivity index (χ0v) is 17.4. The summed E-state index contributed by atoms with van der Waals surface area (Å²) in [6, 6.07) is 8.08. The zero-order chi connectivity index (χ0) is 20.4. The number of fused-ring (bicyclic) bond motifs is 3. The fourth-order valence-electron chi connectivity index (χ4n) is 4.03. The minimum atomic E-state index is -0.0710. The summed E-state index contributed by atoms with van der Waals surface area (Å²) >= 11 is 0. The van der Waals surface area contributed by atoms with Crippen molar-refractivity contribution >= 4 is 22.1 Å². The van der Waals surface area contributed by atoms with Crippen molar-refractivity contribution in [3.63, 3.8) is 0 Å². The van der Waals surface area contributed by atoms with Gasteiger partial charge in [0.1, 0.15) is 5.52 Å². The standard InChI is InChI=1S/C22H28N6O/c1-4-6-7-8-9-12-16-15(3)26-28(21(16)29)22-23-20-19(24-25-22)17-13-10-11-14-18(17)27(20)5-2/h10-11,13-14,26H,4-9,12H2,1-3H3. The van der Waals surface area contributed by atoms with Crippen LogP contribution in [0.4, 0.5) is 0 Å². The Labute approximate surface area is 169 Å². The van der Waals surface area contributed by atoms with Gasteiger partial charge in [-0.1, -0.05) is 50.8 Å². The maximum atomic E-state index is 13.0. The van der Waals surface area contributed by atoms with Gasteiger partial charge in [0.25, 0.3) is 11.5 Å². The minimum Gasteiger partial charge on any atom is -0.324 e. The molecule has 1 N–H and O–H groups in total. The molecule has 7 nitrogen and oxygen atoms in total. The van der Waals surface area contributed by atoms with Gasteiger partial charge in [0.2, 0.25) is 0 Å². The molecule has 0 radical (unpaired) electrons. The quantitative estimate of drug-likeness (QED) is 0.453. The van der Waals surface area contributed by atoms with Crippen molar-refractivity contribution in [1.29, 1.82) is 0 Å². The van der Waals surface area contributed by atoms with E-state index < -0.39 is 0 Å². The van der Waals surface area contributed by atoms with Crippen LogP contribution in [0.15, 0.2) is 29.1 Å². The lowest BCUT2D eigenvalue weighted by molar-refractivity contribution is 0.630. The van der Waals surface area contributed by atoms with E-state index in [2.05, 4.69) is 39.8 Å². The van der Waals surface area contributed by atoms with E-state index in [0.29, 0.717) is 5.95 Å². The molecule has 3 heterocycles. The summed E-state index contributed by atoms with van der Waals surface area (Å²) in [5.74, 6) is 0.292. The van der Waals surface area contributed by atoms with Crippen LogP contribution in [0.5, 0.6) is 0 Å². The van der Waals surface area contributed by atoms with Gasteiger partial charge in [-0.15, -0.1) is 10.2 Å². The Morgan fingerprint density at radius 1 is 1.03 bits per heavy atom. The van der Waals surface area contributed by atoms with Crippen LogP contribution in [0.3, 0.4) is 0 Å². The second-order valence-corrected chi connectivity index (χ2v) is 7.57. The molecule has 0 amide bonds. The Bertz CT molecular complexity index is 1200. The smallest absolute Gasteiger partial charge is 0.277 e. The van der Waals surface area contributed by atoms with Crippen LogP contribution in [0.2, 0.25) is 0 Å². The van der Waals surface area contributed by atoms with Gasteiger partial charge in [0.05, 0.1) is 5.52 Å². The van der Waals surface area contributed by atoms with Gasteiger partial charge in [0, 0.05) is 23.2 Å². The van der Waals surface area contributed by atoms with Crippen molar-refractivity contribution < 1.29 is 0 Å². The number of rotatable bonds is 8. The maximum absolute atomic E-state index is 13.0. The molecule has 0 fully saturated rings. The fourth-order valence-corrected chi connectivity index (χ4v) is 4.03. The normalized spacial score (nSPS) is 11.7. The highest BCUT2D eigenvalue weighted by Crippen LogP contribution is 2.25. The van der Waals surface area contributed by atoms with E-state index in [1.54, 1.807) is 0 Å². The Morgan fingerprint density at radius 3 is 2.62 bits per heavy atom. The first-order valence-corrected chi connectivity index (χ1v) is 10.6. The second-order valence-electron chi connectivity index (χ2n) is 7.57. The topological polar surface area (TPSA) is 81.4 Å². The third-order valence-corrected chi connectivity index (χ3v) is 5.60. The van der Waals surface area contributed by atoms with Crippen molar-refractivity contribution in [2.45, 2.75) is 65.8 Å². The van der Waals surface area contributed by atoms with Crippen LogP contribution in [-0.4, -0.2) is 29.5 Å². The highest BCUT2D eigenvalue weighted by atomic mass is 16.1. The molecule has 4 aromatic rings.